The van der Waals surface area contributed by atoms with E-state index in [1.807, 2.05) is 0 Å². The molecule has 0 spiro atoms. The fourth-order valence-electron chi connectivity index (χ4n) is 2.51. The Kier molecular flexibility index (Phi) is 5.13. The van der Waals surface area contributed by atoms with Crippen molar-refractivity contribution in [2.75, 3.05) is 11.1 Å². The van der Waals surface area contributed by atoms with Crippen molar-refractivity contribution in [2.45, 2.75) is 12.3 Å². The fourth-order valence-corrected chi connectivity index (χ4v) is 3.62. The van der Waals surface area contributed by atoms with E-state index in [9.17, 15) is 19.5 Å². The number of anilines is 1. The number of nitrogens with zero attached hydrogens (tertiary/aromatic N) is 1. The molecule has 7 nitrogen and oxygen atoms in total. The average molecular weight is 371 g/mol. The van der Waals surface area contributed by atoms with Crippen LogP contribution in [0.25, 0.3) is 0 Å². The predicted octanol–water partition coefficient (Wildman–Crippen LogP) is 2.27. The first-order valence-corrected chi connectivity index (χ1v) is 8.90. The van der Waals surface area contributed by atoms with Crippen molar-refractivity contribution >= 4 is 35.2 Å². The van der Waals surface area contributed by atoms with Gasteiger partial charge in [-0.05, 0) is 42.0 Å². The molecule has 3 rings (SSSR count). The van der Waals surface area contributed by atoms with Crippen molar-refractivity contribution in [3.8, 4) is 5.75 Å². The molecular weight excluding hydrogens is 354 g/mol. The molecule has 1 saturated heterocycles. The normalized spacial score (nSPS) is 16.4. The first kappa shape index (κ1) is 17.8. The van der Waals surface area contributed by atoms with Gasteiger partial charge in [0.2, 0.25) is 5.91 Å². The van der Waals surface area contributed by atoms with Crippen LogP contribution in [0.3, 0.4) is 0 Å². The van der Waals surface area contributed by atoms with E-state index in [0.29, 0.717) is 11.3 Å². The molecule has 2 aromatic rings. The van der Waals surface area contributed by atoms with Gasteiger partial charge in [0, 0.05) is 18.2 Å². The number of amides is 3. The third kappa shape index (κ3) is 3.97. The summed E-state index contributed by atoms with van der Waals surface area (Å²) in [5.41, 5.74) is 4.40. The van der Waals surface area contributed by atoms with Crippen LogP contribution < -0.4 is 10.7 Å². The van der Waals surface area contributed by atoms with Gasteiger partial charge in [0.1, 0.15) is 11.1 Å². The van der Waals surface area contributed by atoms with E-state index in [-0.39, 0.29) is 28.7 Å². The summed E-state index contributed by atoms with van der Waals surface area (Å²) < 4.78 is 0. The van der Waals surface area contributed by atoms with Crippen LogP contribution in [0, 0.1) is 0 Å². The molecule has 3 N–H and O–H groups in total. The van der Waals surface area contributed by atoms with Crippen LogP contribution in [0.4, 0.5) is 5.69 Å². The molecule has 3 amide bonds. The smallest absolute Gasteiger partial charge is 0.269 e. The number of phenols is 1. The summed E-state index contributed by atoms with van der Waals surface area (Å²) >= 11 is 1.40. The second kappa shape index (κ2) is 7.49. The standard InChI is InChI=1S/C18H17N3O4S/c1-11(22)19-14-6-2-12(3-7-14)17(25)20-21-16(24)10-26-18(21)13-4-8-15(23)9-5-13/h2-9,18,23H,10H2,1H3,(H,19,22)(H,20,25)/t18-/m0/s1. The van der Waals surface area contributed by atoms with Crippen LogP contribution in [0.15, 0.2) is 48.5 Å². The van der Waals surface area contributed by atoms with E-state index in [0.717, 1.165) is 5.56 Å². The van der Waals surface area contributed by atoms with E-state index >= 15 is 0 Å². The van der Waals surface area contributed by atoms with Crippen LogP contribution in [0.5, 0.6) is 5.75 Å². The number of thioether (sulfide) groups is 1. The molecule has 134 valence electrons. The Morgan fingerprint density at radius 1 is 1.12 bits per heavy atom. The van der Waals surface area contributed by atoms with Gasteiger partial charge in [-0.15, -0.1) is 11.8 Å². The first-order chi connectivity index (χ1) is 12.4. The van der Waals surface area contributed by atoms with Crippen molar-refractivity contribution in [3.05, 3.63) is 59.7 Å². The molecule has 2 aromatic carbocycles. The number of phenolic OH excluding ortho intramolecular Hbond substituents is 1. The summed E-state index contributed by atoms with van der Waals surface area (Å²) in [5, 5.41) is 13.0. The molecule has 1 heterocycles. The minimum atomic E-state index is -0.418. The monoisotopic (exact) mass is 371 g/mol. The molecule has 26 heavy (non-hydrogen) atoms. The molecule has 1 aliphatic rings. The topological polar surface area (TPSA) is 98.7 Å². The Hall–Kier alpha value is -3.00. The van der Waals surface area contributed by atoms with Gasteiger partial charge >= 0.3 is 0 Å². The summed E-state index contributed by atoms with van der Waals surface area (Å²) in [6.07, 6.45) is 0. The fraction of sp³-hybridized carbons (Fsp3) is 0.167. The van der Waals surface area contributed by atoms with E-state index in [1.165, 1.54) is 23.7 Å². The molecule has 0 saturated carbocycles. The minimum absolute atomic E-state index is 0.137. The number of hydrazine groups is 1. The summed E-state index contributed by atoms with van der Waals surface area (Å²) in [6, 6.07) is 12.9. The molecule has 0 aliphatic carbocycles. The van der Waals surface area contributed by atoms with Crippen LogP contribution in [0.2, 0.25) is 0 Å². The quantitative estimate of drug-likeness (QED) is 0.766. The number of carbonyl (C=O) groups excluding carboxylic acids is 3. The molecule has 0 aromatic heterocycles. The second-order valence-corrected chi connectivity index (χ2v) is 6.79. The molecular formula is C18H17N3O4S. The van der Waals surface area contributed by atoms with Gasteiger partial charge < -0.3 is 10.4 Å². The minimum Gasteiger partial charge on any atom is -0.508 e. The highest BCUT2D eigenvalue weighted by Crippen LogP contribution is 2.37. The lowest BCUT2D eigenvalue weighted by atomic mass is 10.2. The number of benzene rings is 2. The van der Waals surface area contributed by atoms with Gasteiger partial charge in [-0.2, -0.15) is 0 Å². The lowest BCUT2D eigenvalue weighted by Crippen LogP contribution is -2.44. The molecule has 0 unspecified atom stereocenters. The van der Waals surface area contributed by atoms with E-state index < -0.39 is 5.91 Å². The number of hydrogen-bond acceptors (Lipinski definition) is 5. The van der Waals surface area contributed by atoms with Crippen molar-refractivity contribution in [2.24, 2.45) is 0 Å². The third-order valence-electron chi connectivity index (χ3n) is 3.74. The van der Waals surface area contributed by atoms with Crippen molar-refractivity contribution in [1.29, 1.82) is 0 Å². The van der Waals surface area contributed by atoms with E-state index in [4.69, 9.17) is 0 Å². The van der Waals surface area contributed by atoms with E-state index in [2.05, 4.69) is 10.7 Å². The summed E-state index contributed by atoms with van der Waals surface area (Å²) in [5.74, 6) is -0.417. The molecule has 0 bridgehead atoms. The number of carbonyl (C=O) groups is 3. The summed E-state index contributed by atoms with van der Waals surface area (Å²) in [6.45, 7) is 1.40. The largest absolute Gasteiger partial charge is 0.508 e. The molecule has 1 atom stereocenters. The van der Waals surface area contributed by atoms with Crippen LogP contribution >= 0.6 is 11.8 Å². The molecule has 1 fully saturated rings. The third-order valence-corrected chi connectivity index (χ3v) is 4.95. The Balaban J connectivity index is 1.73. The van der Waals surface area contributed by atoms with Crippen molar-refractivity contribution < 1.29 is 19.5 Å². The Morgan fingerprint density at radius 3 is 2.38 bits per heavy atom. The van der Waals surface area contributed by atoms with Gasteiger partial charge in [0.25, 0.3) is 11.8 Å². The molecule has 0 radical (unpaired) electrons. The molecule has 8 heteroatoms. The zero-order valence-corrected chi connectivity index (χ0v) is 14.7. The zero-order chi connectivity index (χ0) is 18.7. The van der Waals surface area contributed by atoms with E-state index in [1.54, 1.807) is 48.5 Å². The van der Waals surface area contributed by atoms with Crippen molar-refractivity contribution in [3.63, 3.8) is 0 Å². The Bertz CT molecular complexity index is 837. The summed E-state index contributed by atoms with van der Waals surface area (Å²) in [7, 11) is 0. The van der Waals surface area contributed by atoms with Gasteiger partial charge in [-0.3, -0.25) is 19.8 Å². The SMILES string of the molecule is CC(=O)Nc1ccc(C(=O)NN2C(=O)CS[C@H]2c2ccc(O)cc2)cc1. The number of hydrogen-bond donors (Lipinski definition) is 3. The van der Waals surface area contributed by atoms with Gasteiger partial charge in [0.05, 0.1) is 5.75 Å². The van der Waals surface area contributed by atoms with Gasteiger partial charge in [-0.25, -0.2) is 5.01 Å². The number of rotatable bonds is 4. The average Bonchev–Trinajstić information content (AvgIpc) is 2.96. The Labute approximate surface area is 154 Å². The maximum Gasteiger partial charge on any atom is 0.269 e. The van der Waals surface area contributed by atoms with Crippen molar-refractivity contribution in [1.82, 2.24) is 10.4 Å². The second-order valence-electron chi connectivity index (χ2n) is 5.72. The highest BCUT2D eigenvalue weighted by molar-refractivity contribution is 8.00. The van der Waals surface area contributed by atoms with Crippen LogP contribution in [-0.2, 0) is 9.59 Å². The Morgan fingerprint density at radius 2 is 1.77 bits per heavy atom. The molecule has 1 aliphatic heterocycles. The zero-order valence-electron chi connectivity index (χ0n) is 13.9. The summed E-state index contributed by atoms with van der Waals surface area (Å²) in [4.78, 5) is 35.7. The van der Waals surface area contributed by atoms with Gasteiger partial charge in [-0.1, -0.05) is 12.1 Å². The number of aromatic hydroxyl groups is 1. The lowest BCUT2D eigenvalue weighted by Gasteiger charge is -2.24. The lowest BCUT2D eigenvalue weighted by molar-refractivity contribution is -0.130. The van der Waals surface area contributed by atoms with Gasteiger partial charge in [0.15, 0.2) is 0 Å². The highest BCUT2D eigenvalue weighted by Gasteiger charge is 2.34. The van der Waals surface area contributed by atoms with Crippen LogP contribution in [0.1, 0.15) is 28.2 Å². The maximum absolute atomic E-state index is 12.5. The highest BCUT2D eigenvalue weighted by atomic mass is 32.2. The number of nitrogens with one attached hydrogen (secondary N) is 2. The predicted molar refractivity (Wildman–Crippen MR) is 98.4 cm³/mol. The maximum atomic E-state index is 12.5. The van der Waals surface area contributed by atoms with Crippen LogP contribution in [-0.4, -0.2) is 33.6 Å². The first-order valence-electron chi connectivity index (χ1n) is 7.85.